The van der Waals surface area contributed by atoms with E-state index in [0.29, 0.717) is 5.56 Å². The summed E-state index contributed by atoms with van der Waals surface area (Å²) in [5.74, 6) is -1.96. The third-order valence-electron chi connectivity index (χ3n) is 1.92. The van der Waals surface area contributed by atoms with Crippen molar-refractivity contribution in [2.75, 3.05) is 0 Å². The number of amides is 1. The molecule has 1 aromatic carbocycles. The fraction of sp³-hybridized carbons (Fsp3) is 0.100. The molecule has 1 aromatic rings. The van der Waals surface area contributed by atoms with Gasteiger partial charge in [-0.05, 0) is 11.6 Å². The lowest BCUT2D eigenvalue weighted by atomic mass is 10.2. The zero-order valence-electron chi connectivity index (χ0n) is 8.41. The predicted molar refractivity (Wildman–Crippen MR) is 59.6 cm³/mol. The van der Waals surface area contributed by atoms with Gasteiger partial charge in [-0.3, -0.25) is 9.36 Å². The first-order valence-electron chi connectivity index (χ1n) is 4.48. The minimum atomic E-state index is -4.44. The number of hydrogen-bond acceptors (Lipinski definition) is 2. The molecule has 0 aromatic heterocycles. The molecule has 0 spiro atoms. The Bertz CT molecular complexity index is 426. The maximum absolute atomic E-state index is 11.2. The molecule has 1 rings (SSSR count). The second-order valence-electron chi connectivity index (χ2n) is 3.12. The van der Waals surface area contributed by atoms with Crippen LogP contribution in [-0.2, 0) is 9.36 Å². The number of carbonyl (C=O) groups excluding carboxylic acids is 1. The van der Waals surface area contributed by atoms with Crippen LogP contribution in [0, 0.1) is 0 Å². The van der Waals surface area contributed by atoms with Gasteiger partial charge in [0.1, 0.15) is 0 Å². The standard InChI is InChI=1S/C10H12NO4P/c1-2-9(12)11-10(16(13,14)15)8-6-4-3-5-7-8/h2-7,10H,1H2,(H,11,12)(H2,13,14,15). The lowest BCUT2D eigenvalue weighted by Crippen LogP contribution is -2.26. The average molecular weight is 241 g/mol. The van der Waals surface area contributed by atoms with Crippen LogP contribution in [0.1, 0.15) is 11.3 Å². The predicted octanol–water partition coefficient (Wildman–Crippen LogP) is 1.17. The molecule has 1 unspecified atom stereocenters. The Morgan fingerprint density at radius 2 is 1.94 bits per heavy atom. The average Bonchev–Trinajstić information content (AvgIpc) is 2.25. The zero-order chi connectivity index (χ0) is 12.2. The summed E-state index contributed by atoms with van der Waals surface area (Å²) in [6.45, 7) is 3.22. The second-order valence-corrected chi connectivity index (χ2v) is 4.81. The van der Waals surface area contributed by atoms with Gasteiger partial charge in [-0.15, -0.1) is 0 Å². The largest absolute Gasteiger partial charge is 0.352 e. The van der Waals surface area contributed by atoms with Crippen LogP contribution in [0.15, 0.2) is 43.0 Å². The first-order chi connectivity index (χ1) is 7.45. The van der Waals surface area contributed by atoms with Crippen molar-refractivity contribution in [2.45, 2.75) is 5.78 Å². The number of benzene rings is 1. The first-order valence-corrected chi connectivity index (χ1v) is 6.16. The fourth-order valence-corrected chi connectivity index (χ4v) is 2.05. The summed E-state index contributed by atoms with van der Waals surface area (Å²) in [4.78, 5) is 29.3. The number of nitrogens with one attached hydrogen (secondary N) is 1. The van der Waals surface area contributed by atoms with E-state index >= 15 is 0 Å². The monoisotopic (exact) mass is 241 g/mol. The molecule has 6 heteroatoms. The number of rotatable bonds is 4. The molecule has 0 radical (unpaired) electrons. The molecular weight excluding hydrogens is 229 g/mol. The highest BCUT2D eigenvalue weighted by Crippen LogP contribution is 2.49. The summed E-state index contributed by atoms with van der Waals surface area (Å²) in [5, 5.41) is 2.20. The number of hydrogen-bond donors (Lipinski definition) is 3. The van der Waals surface area contributed by atoms with E-state index in [-0.39, 0.29) is 0 Å². The summed E-state index contributed by atoms with van der Waals surface area (Å²) >= 11 is 0. The van der Waals surface area contributed by atoms with Gasteiger partial charge in [0.05, 0.1) is 0 Å². The summed E-state index contributed by atoms with van der Waals surface area (Å²) in [7, 11) is -4.44. The van der Waals surface area contributed by atoms with Gasteiger partial charge in [0.2, 0.25) is 5.91 Å². The summed E-state index contributed by atoms with van der Waals surface area (Å²) < 4.78 is 11.2. The van der Waals surface area contributed by atoms with Crippen molar-refractivity contribution in [3.8, 4) is 0 Å². The topological polar surface area (TPSA) is 86.6 Å². The van der Waals surface area contributed by atoms with Crippen LogP contribution in [0.2, 0.25) is 0 Å². The molecule has 16 heavy (non-hydrogen) atoms. The number of carbonyl (C=O) groups is 1. The lowest BCUT2D eigenvalue weighted by molar-refractivity contribution is -0.116. The minimum Gasteiger partial charge on any atom is -0.335 e. The summed E-state index contributed by atoms with van der Waals surface area (Å²) in [5.41, 5.74) is 0.353. The van der Waals surface area contributed by atoms with E-state index in [1.807, 2.05) is 0 Å². The van der Waals surface area contributed by atoms with Gasteiger partial charge in [0.25, 0.3) is 0 Å². The molecule has 1 atom stereocenters. The highest BCUT2D eigenvalue weighted by Gasteiger charge is 2.31. The van der Waals surface area contributed by atoms with Crippen LogP contribution < -0.4 is 5.32 Å². The molecular formula is C10H12NO4P. The summed E-state index contributed by atoms with van der Waals surface area (Å²) in [6.07, 6.45) is 0.964. The van der Waals surface area contributed by atoms with E-state index in [1.165, 1.54) is 12.1 Å². The smallest absolute Gasteiger partial charge is 0.335 e. The third kappa shape index (κ3) is 3.31. The van der Waals surface area contributed by atoms with E-state index in [2.05, 4.69) is 11.9 Å². The highest BCUT2D eigenvalue weighted by molar-refractivity contribution is 7.52. The first kappa shape index (κ1) is 12.6. The minimum absolute atomic E-state index is 0.353. The maximum atomic E-state index is 11.2. The molecule has 86 valence electrons. The summed E-state index contributed by atoms with van der Waals surface area (Å²) in [6, 6.07) is 8.06. The Kier molecular flexibility index (Phi) is 4.01. The van der Waals surface area contributed by atoms with Gasteiger partial charge in [-0.1, -0.05) is 36.9 Å². The fourth-order valence-electron chi connectivity index (χ4n) is 1.19. The second kappa shape index (κ2) is 5.07. The molecule has 0 heterocycles. The quantitative estimate of drug-likeness (QED) is 0.545. The van der Waals surface area contributed by atoms with Gasteiger partial charge in [0, 0.05) is 0 Å². The van der Waals surface area contributed by atoms with Crippen molar-refractivity contribution in [1.29, 1.82) is 0 Å². The van der Waals surface area contributed by atoms with Crippen LogP contribution in [0.3, 0.4) is 0 Å². The van der Waals surface area contributed by atoms with Gasteiger partial charge in [-0.25, -0.2) is 0 Å². The molecule has 1 amide bonds. The van der Waals surface area contributed by atoms with Crippen LogP contribution in [0.25, 0.3) is 0 Å². The molecule has 0 aliphatic heterocycles. The van der Waals surface area contributed by atoms with E-state index in [9.17, 15) is 9.36 Å². The van der Waals surface area contributed by atoms with Crippen LogP contribution >= 0.6 is 7.60 Å². The van der Waals surface area contributed by atoms with E-state index in [4.69, 9.17) is 9.79 Å². The van der Waals surface area contributed by atoms with Gasteiger partial charge >= 0.3 is 7.60 Å². The third-order valence-corrected chi connectivity index (χ3v) is 3.02. The molecule has 0 aliphatic carbocycles. The van der Waals surface area contributed by atoms with Crippen molar-refractivity contribution in [1.82, 2.24) is 5.32 Å². The molecule has 0 bridgehead atoms. The molecule has 0 saturated heterocycles. The Labute approximate surface area is 93.0 Å². The normalized spacial score (nSPS) is 12.9. The maximum Gasteiger partial charge on any atom is 0.352 e. The molecule has 3 N–H and O–H groups in total. The Morgan fingerprint density at radius 3 is 2.38 bits per heavy atom. The molecule has 0 saturated carbocycles. The Morgan fingerprint density at radius 1 is 1.38 bits per heavy atom. The van der Waals surface area contributed by atoms with Gasteiger partial charge in [-0.2, -0.15) is 0 Å². The van der Waals surface area contributed by atoms with Crippen molar-refractivity contribution in [2.24, 2.45) is 0 Å². The van der Waals surface area contributed by atoms with Gasteiger partial charge < -0.3 is 15.1 Å². The zero-order valence-corrected chi connectivity index (χ0v) is 9.30. The molecule has 0 fully saturated rings. The Hall–Kier alpha value is -1.42. The van der Waals surface area contributed by atoms with Crippen molar-refractivity contribution in [3.05, 3.63) is 48.6 Å². The van der Waals surface area contributed by atoms with Crippen molar-refractivity contribution in [3.63, 3.8) is 0 Å². The SMILES string of the molecule is C=CC(=O)NC(c1ccccc1)P(=O)(O)O. The van der Waals surface area contributed by atoms with Crippen molar-refractivity contribution >= 4 is 13.5 Å². The van der Waals surface area contributed by atoms with E-state index < -0.39 is 19.3 Å². The van der Waals surface area contributed by atoms with Crippen LogP contribution in [-0.4, -0.2) is 15.7 Å². The van der Waals surface area contributed by atoms with Crippen LogP contribution in [0.4, 0.5) is 0 Å². The molecule has 5 nitrogen and oxygen atoms in total. The van der Waals surface area contributed by atoms with E-state index in [1.54, 1.807) is 18.2 Å². The van der Waals surface area contributed by atoms with E-state index in [0.717, 1.165) is 6.08 Å². The van der Waals surface area contributed by atoms with Gasteiger partial charge in [0.15, 0.2) is 5.78 Å². The highest BCUT2D eigenvalue weighted by atomic mass is 31.2. The molecule has 0 aliphatic rings. The Balaban J connectivity index is 3.02. The lowest BCUT2D eigenvalue weighted by Gasteiger charge is -2.19. The van der Waals surface area contributed by atoms with Crippen molar-refractivity contribution < 1.29 is 19.1 Å². The van der Waals surface area contributed by atoms with Crippen LogP contribution in [0.5, 0.6) is 0 Å².